The van der Waals surface area contributed by atoms with E-state index in [4.69, 9.17) is 16.3 Å². The Morgan fingerprint density at radius 2 is 1.89 bits per heavy atom. The lowest BCUT2D eigenvalue weighted by Gasteiger charge is -2.24. The summed E-state index contributed by atoms with van der Waals surface area (Å²) >= 11 is 6.29. The highest BCUT2D eigenvalue weighted by atomic mass is 35.5. The Morgan fingerprint density at radius 1 is 1.09 bits per heavy atom. The quantitative estimate of drug-likeness (QED) is 0.162. The van der Waals surface area contributed by atoms with Crippen LogP contribution in [0.4, 0.5) is 27.7 Å². The lowest BCUT2D eigenvalue weighted by atomic mass is 9.83. The lowest BCUT2D eigenvalue weighted by molar-refractivity contribution is 0.141. The molecule has 1 saturated carbocycles. The fourth-order valence-corrected chi connectivity index (χ4v) is 9.39. The van der Waals surface area contributed by atoms with Gasteiger partial charge in [0.1, 0.15) is 10.8 Å². The van der Waals surface area contributed by atoms with E-state index in [1.807, 2.05) is 26.0 Å². The van der Waals surface area contributed by atoms with E-state index < -0.39 is 9.84 Å². The van der Waals surface area contributed by atoms with Crippen LogP contribution in [0.2, 0.25) is 5.02 Å². The highest BCUT2D eigenvalue weighted by Crippen LogP contribution is 2.40. The summed E-state index contributed by atoms with van der Waals surface area (Å²) < 4.78 is 47.0. The topological polar surface area (TPSA) is 122 Å². The van der Waals surface area contributed by atoms with Gasteiger partial charge in [0, 0.05) is 25.0 Å². The maximum Gasteiger partial charge on any atom is 0.229 e. The second-order valence-corrected chi connectivity index (χ2v) is 16.5. The molecule has 0 bridgehead atoms. The third kappa shape index (κ3) is 9.89. The Hall–Kier alpha value is -2.76. The van der Waals surface area contributed by atoms with E-state index in [1.165, 1.54) is 6.20 Å². The zero-order chi connectivity index (χ0) is 33.6. The van der Waals surface area contributed by atoms with Gasteiger partial charge in [0.15, 0.2) is 21.5 Å². The van der Waals surface area contributed by atoms with Crippen molar-refractivity contribution in [3.63, 3.8) is 0 Å². The smallest absolute Gasteiger partial charge is 0.229 e. The summed E-state index contributed by atoms with van der Waals surface area (Å²) in [5, 5.41) is 13.4. The van der Waals surface area contributed by atoms with Crippen LogP contribution in [0.15, 0.2) is 24.4 Å². The van der Waals surface area contributed by atoms with Gasteiger partial charge in [-0.3, -0.25) is 5.10 Å². The van der Waals surface area contributed by atoms with Crippen LogP contribution in [0, 0.1) is 43.3 Å². The van der Waals surface area contributed by atoms with Crippen LogP contribution in [0.1, 0.15) is 94.4 Å². The molecule has 2 fully saturated rings. The van der Waals surface area contributed by atoms with Gasteiger partial charge in [0.05, 0.1) is 23.4 Å². The molecule has 5 rings (SSSR count). The molecule has 3 aromatic rings. The summed E-state index contributed by atoms with van der Waals surface area (Å²) in [6.45, 7) is 9.77. The van der Waals surface area contributed by atoms with Gasteiger partial charge in [0.2, 0.25) is 5.95 Å². The van der Waals surface area contributed by atoms with Crippen LogP contribution in [-0.2, 0) is 14.6 Å². The fourth-order valence-electron chi connectivity index (χ4n) is 7.33. The first-order valence-corrected chi connectivity index (χ1v) is 19.3. The number of aromatic nitrogens is 4. The van der Waals surface area contributed by atoms with Gasteiger partial charge in [-0.05, 0) is 112 Å². The van der Waals surface area contributed by atoms with E-state index in [-0.39, 0.29) is 29.2 Å². The summed E-state index contributed by atoms with van der Waals surface area (Å²) in [4.78, 5) is 8.68. The van der Waals surface area contributed by atoms with Gasteiger partial charge in [0.25, 0.3) is 0 Å². The van der Waals surface area contributed by atoms with Crippen molar-refractivity contribution in [3.8, 4) is 0 Å². The average molecular weight is 689 g/mol. The number of sulfone groups is 1. The zero-order valence-electron chi connectivity index (χ0n) is 28.1. The number of aromatic amines is 1. The molecule has 0 radical (unpaired) electrons. The van der Waals surface area contributed by atoms with E-state index in [0.29, 0.717) is 52.6 Å². The van der Waals surface area contributed by atoms with Crippen LogP contribution < -0.4 is 10.6 Å². The first-order valence-electron chi connectivity index (χ1n) is 17.1. The van der Waals surface area contributed by atoms with Crippen LogP contribution >= 0.6 is 11.6 Å². The molecule has 2 aliphatic rings. The highest BCUT2D eigenvalue weighted by Gasteiger charge is 2.28. The Kier molecular flexibility index (Phi) is 12.2. The first-order chi connectivity index (χ1) is 22.5. The maximum absolute atomic E-state index is 15.5. The van der Waals surface area contributed by atoms with Crippen LogP contribution in [-0.4, -0.2) is 53.3 Å². The minimum absolute atomic E-state index is 0.204. The molecule has 0 spiro atoms. The SMILES string of the molecule is Cc1cc(Nc2nc(Nc3cc(C)c(C4CCCC(C(C)CCCS(=O)(=O)CC5CCOCCC5C)CC4)cc3F)ncc2Cl)n[nH]1. The van der Waals surface area contributed by atoms with Crippen molar-refractivity contribution < 1.29 is 17.5 Å². The predicted molar refractivity (Wildman–Crippen MR) is 187 cm³/mol. The van der Waals surface area contributed by atoms with Crippen molar-refractivity contribution >= 4 is 44.7 Å². The van der Waals surface area contributed by atoms with Crippen molar-refractivity contribution in [2.75, 3.05) is 35.4 Å². The predicted octanol–water partition coefficient (Wildman–Crippen LogP) is 8.65. The zero-order valence-corrected chi connectivity index (χ0v) is 29.7. The van der Waals surface area contributed by atoms with Gasteiger partial charge in [-0.1, -0.05) is 38.3 Å². The lowest BCUT2D eigenvalue weighted by Crippen LogP contribution is -2.24. The number of nitrogens with zero attached hydrogens (tertiary/aromatic N) is 3. The number of anilines is 4. The van der Waals surface area contributed by atoms with Crippen molar-refractivity contribution in [3.05, 3.63) is 52.1 Å². The number of aryl methyl sites for hydroxylation is 2. The third-order valence-corrected chi connectivity index (χ3v) is 12.4. The summed E-state index contributed by atoms with van der Waals surface area (Å²) in [6.07, 6.45) is 10.2. The number of H-pyrrole nitrogens is 1. The van der Waals surface area contributed by atoms with E-state index in [2.05, 4.69) is 44.6 Å². The van der Waals surface area contributed by atoms with E-state index in [1.54, 1.807) is 6.07 Å². The number of halogens is 2. The molecular formula is C35H50ClFN6O3S. The Balaban J connectivity index is 1.14. The maximum atomic E-state index is 15.5. The van der Waals surface area contributed by atoms with E-state index >= 15 is 4.39 Å². The summed E-state index contributed by atoms with van der Waals surface area (Å²) in [5.41, 5.74) is 3.29. The molecule has 258 valence electrons. The molecule has 1 aliphatic carbocycles. The Bertz CT molecular complexity index is 1600. The Labute approximate surface area is 284 Å². The number of nitrogens with one attached hydrogen (secondary N) is 3. The number of hydrogen-bond donors (Lipinski definition) is 3. The molecule has 47 heavy (non-hydrogen) atoms. The van der Waals surface area contributed by atoms with E-state index in [0.717, 1.165) is 81.2 Å². The van der Waals surface area contributed by atoms with Crippen LogP contribution in [0.5, 0.6) is 0 Å². The van der Waals surface area contributed by atoms with Crippen molar-refractivity contribution in [1.29, 1.82) is 0 Å². The summed E-state index contributed by atoms with van der Waals surface area (Å²) in [6, 6.07) is 5.33. The monoisotopic (exact) mass is 688 g/mol. The molecular weight excluding hydrogens is 639 g/mol. The second kappa shape index (κ2) is 16.1. The van der Waals surface area contributed by atoms with Crippen molar-refractivity contribution in [1.82, 2.24) is 20.2 Å². The molecule has 5 atom stereocenters. The van der Waals surface area contributed by atoms with Crippen molar-refractivity contribution in [2.45, 2.75) is 91.4 Å². The molecule has 12 heteroatoms. The second-order valence-electron chi connectivity index (χ2n) is 13.9. The number of benzene rings is 1. The fraction of sp³-hybridized carbons (Fsp3) is 0.629. The minimum Gasteiger partial charge on any atom is -0.381 e. The largest absolute Gasteiger partial charge is 0.381 e. The normalized spacial score (nSPS) is 23.1. The third-order valence-electron chi connectivity index (χ3n) is 10.3. The number of ether oxygens (including phenoxy) is 1. The molecule has 0 amide bonds. The van der Waals surface area contributed by atoms with Gasteiger partial charge < -0.3 is 15.4 Å². The standard InChI is InChI=1S/C35H50ClFN6O3S/c1-22(7-6-16-47(44,45)21-28-13-15-46-14-12-23(28)2)26-8-5-9-27(11-10-26)29-19-31(37)32(17-24(29)3)39-35-38-20-30(36)34(41-35)40-33-18-25(4)42-43-33/h17-20,22-23,26-28H,5-16,21H2,1-4H3,(H3,38,39,40,41,42,43). The Morgan fingerprint density at radius 3 is 2.68 bits per heavy atom. The number of rotatable bonds is 12. The van der Waals surface area contributed by atoms with E-state index in [9.17, 15) is 8.42 Å². The molecule has 3 N–H and O–H groups in total. The average Bonchev–Trinajstić information content (AvgIpc) is 3.17. The molecule has 3 heterocycles. The summed E-state index contributed by atoms with van der Waals surface area (Å²) in [5.74, 6) is 3.30. The van der Waals surface area contributed by atoms with Gasteiger partial charge in [-0.2, -0.15) is 10.1 Å². The van der Waals surface area contributed by atoms with Crippen LogP contribution in [0.3, 0.4) is 0 Å². The van der Waals surface area contributed by atoms with Gasteiger partial charge in [-0.15, -0.1) is 0 Å². The summed E-state index contributed by atoms with van der Waals surface area (Å²) in [7, 11) is -3.07. The highest BCUT2D eigenvalue weighted by molar-refractivity contribution is 7.91. The van der Waals surface area contributed by atoms with Gasteiger partial charge in [-0.25, -0.2) is 17.8 Å². The van der Waals surface area contributed by atoms with Crippen LogP contribution in [0.25, 0.3) is 0 Å². The molecule has 2 aromatic heterocycles. The first kappa shape index (κ1) is 35.5. The molecule has 1 aliphatic heterocycles. The van der Waals surface area contributed by atoms with Crippen molar-refractivity contribution in [2.24, 2.45) is 23.7 Å². The number of hydrogen-bond acceptors (Lipinski definition) is 8. The molecule has 5 unspecified atom stereocenters. The molecule has 1 aromatic carbocycles. The molecule has 1 saturated heterocycles. The minimum atomic E-state index is -3.07. The molecule has 9 nitrogen and oxygen atoms in total. The van der Waals surface area contributed by atoms with Gasteiger partial charge >= 0.3 is 0 Å².